The number of nitrogens with one attached hydrogen (secondary N) is 1. The molecule has 9 heteroatoms. The number of carbonyl (C=O) groups excluding carboxylic acids is 2. The predicted molar refractivity (Wildman–Crippen MR) is 143 cm³/mol. The van der Waals surface area contributed by atoms with E-state index in [9.17, 15) is 9.59 Å². The molecule has 0 aliphatic carbocycles. The van der Waals surface area contributed by atoms with E-state index in [1.54, 1.807) is 27.9 Å². The Hall–Kier alpha value is -3.43. The van der Waals surface area contributed by atoms with Crippen LogP contribution < -0.4 is 10.2 Å². The molecule has 36 heavy (non-hydrogen) atoms. The van der Waals surface area contributed by atoms with Gasteiger partial charge in [0, 0.05) is 58.7 Å². The summed E-state index contributed by atoms with van der Waals surface area (Å²) in [6.07, 6.45) is 10.0. The van der Waals surface area contributed by atoms with Gasteiger partial charge in [0.25, 0.3) is 5.91 Å². The number of morpholine rings is 1. The molecule has 2 fully saturated rings. The van der Waals surface area contributed by atoms with Crippen molar-refractivity contribution in [1.29, 1.82) is 0 Å². The van der Waals surface area contributed by atoms with Crippen molar-refractivity contribution >= 4 is 29.8 Å². The third-order valence-electron chi connectivity index (χ3n) is 6.23. The van der Waals surface area contributed by atoms with E-state index in [-0.39, 0.29) is 5.91 Å². The maximum absolute atomic E-state index is 12.1. The van der Waals surface area contributed by atoms with Crippen LogP contribution in [0.3, 0.4) is 0 Å². The van der Waals surface area contributed by atoms with E-state index in [1.807, 2.05) is 27.1 Å². The molecule has 0 unspecified atom stereocenters. The lowest BCUT2D eigenvalue weighted by Crippen LogP contribution is -2.36. The largest absolute Gasteiger partial charge is 0.386 e. The van der Waals surface area contributed by atoms with Gasteiger partial charge in [0.15, 0.2) is 6.29 Å². The first kappa shape index (κ1) is 27.2. The Balaban J connectivity index is 0.000000180. The number of amides is 1. The van der Waals surface area contributed by atoms with E-state index in [2.05, 4.69) is 28.0 Å². The topological polar surface area (TPSA) is 88.9 Å². The summed E-state index contributed by atoms with van der Waals surface area (Å²) in [5.74, 6) is 0.118. The predicted octanol–water partition coefficient (Wildman–Crippen LogP) is 3.61. The van der Waals surface area contributed by atoms with Crippen molar-refractivity contribution in [2.75, 3.05) is 63.8 Å². The molecular formula is C27H37N5O4. The van der Waals surface area contributed by atoms with Crippen molar-refractivity contribution in [3.63, 3.8) is 0 Å². The molecule has 0 atom stereocenters. The summed E-state index contributed by atoms with van der Waals surface area (Å²) in [6, 6.07) is 4.12. The lowest BCUT2D eigenvalue weighted by Gasteiger charge is -2.30. The van der Waals surface area contributed by atoms with Gasteiger partial charge >= 0.3 is 0 Å². The number of allylic oxidation sites excluding steroid dienone is 2. The number of nitrogens with zero attached hydrogens (tertiary/aromatic N) is 4. The molecule has 3 aliphatic rings. The summed E-state index contributed by atoms with van der Waals surface area (Å²) >= 11 is 0. The second-order valence-electron chi connectivity index (χ2n) is 8.68. The minimum atomic E-state index is 0.118. The van der Waals surface area contributed by atoms with E-state index in [4.69, 9.17) is 9.47 Å². The molecule has 0 saturated carbocycles. The number of anilines is 2. The number of ether oxygens (including phenoxy) is 2. The fourth-order valence-corrected chi connectivity index (χ4v) is 4.12. The van der Waals surface area contributed by atoms with Crippen molar-refractivity contribution < 1.29 is 19.1 Å². The zero-order valence-corrected chi connectivity index (χ0v) is 21.5. The van der Waals surface area contributed by atoms with Crippen molar-refractivity contribution in [3.8, 4) is 0 Å². The van der Waals surface area contributed by atoms with Gasteiger partial charge in [-0.3, -0.25) is 9.59 Å². The van der Waals surface area contributed by atoms with Crippen LogP contribution in [0.2, 0.25) is 0 Å². The van der Waals surface area contributed by atoms with Gasteiger partial charge in [-0.2, -0.15) is 5.10 Å². The average molecular weight is 496 g/mol. The fourth-order valence-electron chi connectivity index (χ4n) is 4.12. The Morgan fingerprint density at radius 2 is 1.81 bits per heavy atom. The molecule has 0 radical (unpaired) electrons. The third-order valence-corrected chi connectivity index (χ3v) is 6.23. The summed E-state index contributed by atoms with van der Waals surface area (Å²) in [5, 5.41) is 7.21. The van der Waals surface area contributed by atoms with Crippen LogP contribution in [0.1, 0.15) is 44.8 Å². The lowest BCUT2D eigenvalue weighted by atomic mass is 10.1. The minimum Gasteiger partial charge on any atom is -0.386 e. The van der Waals surface area contributed by atoms with Crippen LogP contribution in [0.25, 0.3) is 6.20 Å². The van der Waals surface area contributed by atoms with Crippen molar-refractivity contribution in [2.24, 2.45) is 0 Å². The Kier molecular flexibility index (Phi) is 10.3. The number of benzene rings is 1. The molecule has 2 aromatic rings. The molecule has 194 valence electrons. The lowest BCUT2D eigenvalue weighted by molar-refractivity contribution is 0.0816. The second kappa shape index (κ2) is 13.6. The molecule has 0 spiro atoms. The summed E-state index contributed by atoms with van der Waals surface area (Å²) in [6.45, 7) is 11.3. The van der Waals surface area contributed by atoms with Gasteiger partial charge in [-0.15, -0.1) is 0 Å². The Morgan fingerprint density at radius 1 is 1.11 bits per heavy atom. The van der Waals surface area contributed by atoms with Gasteiger partial charge in [-0.05, 0) is 43.5 Å². The van der Waals surface area contributed by atoms with E-state index < -0.39 is 0 Å². The number of aromatic nitrogens is 2. The number of carbonyl (C=O) groups is 2. The molecule has 1 aromatic carbocycles. The fraction of sp³-hybridized carbons (Fsp3) is 0.444. The highest BCUT2D eigenvalue weighted by Crippen LogP contribution is 2.34. The van der Waals surface area contributed by atoms with Gasteiger partial charge in [0.2, 0.25) is 0 Å². The Morgan fingerprint density at radius 3 is 2.36 bits per heavy atom. The van der Waals surface area contributed by atoms with E-state index in [1.165, 1.54) is 19.0 Å². The molecule has 1 aromatic heterocycles. The van der Waals surface area contributed by atoms with E-state index in [0.717, 1.165) is 74.0 Å². The molecule has 0 bridgehead atoms. The normalized spacial score (nSPS) is 16.7. The first-order valence-electron chi connectivity index (χ1n) is 12.3. The number of hydrogen-bond acceptors (Lipinski definition) is 7. The molecule has 5 rings (SSSR count). The summed E-state index contributed by atoms with van der Waals surface area (Å²) in [5.41, 5.74) is 5.58. The van der Waals surface area contributed by atoms with Crippen molar-refractivity contribution in [1.82, 2.24) is 14.7 Å². The zero-order chi connectivity index (χ0) is 25.9. The maximum atomic E-state index is 12.1. The van der Waals surface area contributed by atoms with Crippen LogP contribution in [-0.2, 0) is 16.0 Å². The molecule has 1 amide bonds. The molecule has 3 aliphatic heterocycles. The van der Waals surface area contributed by atoms with Crippen LogP contribution in [0, 0.1) is 6.92 Å². The highest BCUT2D eigenvalue weighted by Gasteiger charge is 2.27. The number of hydrogen-bond donors (Lipinski definition) is 1. The number of fused-ring (bicyclic) bond motifs is 1. The third kappa shape index (κ3) is 6.83. The number of aldehydes is 1. The van der Waals surface area contributed by atoms with Gasteiger partial charge in [-0.25, -0.2) is 4.68 Å². The summed E-state index contributed by atoms with van der Waals surface area (Å²) in [4.78, 5) is 26.5. The molecule has 9 nitrogen and oxygen atoms in total. The molecule has 1 N–H and O–H groups in total. The SMILES string of the molecule is C1CCOC1.C=C/C=C\n1ncc(C=O)c1C.CNc1cc2c(cc1N1CCOCC1)C(=O)N(C)C2. The maximum Gasteiger partial charge on any atom is 0.254 e. The summed E-state index contributed by atoms with van der Waals surface area (Å²) in [7, 11) is 3.77. The van der Waals surface area contributed by atoms with Gasteiger partial charge in [0.1, 0.15) is 0 Å². The van der Waals surface area contributed by atoms with Crippen molar-refractivity contribution in [3.05, 3.63) is 59.4 Å². The van der Waals surface area contributed by atoms with Crippen LogP contribution in [0.15, 0.2) is 37.1 Å². The van der Waals surface area contributed by atoms with Crippen LogP contribution >= 0.6 is 0 Å². The first-order chi connectivity index (χ1) is 17.5. The van der Waals surface area contributed by atoms with Crippen molar-refractivity contribution in [2.45, 2.75) is 26.3 Å². The quantitative estimate of drug-likeness (QED) is 0.501. The zero-order valence-electron chi connectivity index (χ0n) is 21.5. The smallest absolute Gasteiger partial charge is 0.254 e. The standard InChI is InChI=1S/C14H19N3O2.C9H10N2O.C4H8O/c1-15-12-7-10-9-16(2)14(18)11(10)8-13(12)17-3-5-19-6-4-17;1-3-4-5-11-8(2)9(7-12)6-10-11;1-2-4-5-3-1/h7-8,15H,3-6,9H2,1-2H3;3-7H,1H2,2H3;1-4H2/b;5-4-;. The average Bonchev–Trinajstić information content (AvgIpc) is 3.66. The van der Waals surface area contributed by atoms with E-state index in [0.29, 0.717) is 12.1 Å². The molecular weight excluding hydrogens is 458 g/mol. The number of rotatable bonds is 5. The Bertz CT molecular complexity index is 1060. The highest BCUT2D eigenvalue weighted by atomic mass is 16.5. The first-order valence-corrected chi connectivity index (χ1v) is 12.3. The molecule has 2 saturated heterocycles. The highest BCUT2D eigenvalue weighted by molar-refractivity contribution is 6.00. The summed E-state index contributed by atoms with van der Waals surface area (Å²) < 4.78 is 12.0. The second-order valence-corrected chi connectivity index (χ2v) is 8.68. The van der Waals surface area contributed by atoms with E-state index >= 15 is 0 Å². The van der Waals surface area contributed by atoms with Crippen LogP contribution in [-0.4, -0.2) is 80.5 Å². The van der Waals surface area contributed by atoms with Gasteiger partial charge in [0.05, 0.1) is 42.0 Å². The van der Waals surface area contributed by atoms with Gasteiger partial charge < -0.3 is 24.6 Å². The van der Waals surface area contributed by atoms with Crippen LogP contribution in [0.5, 0.6) is 0 Å². The monoisotopic (exact) mass is 495 g/mol. The Labute approximate surface area is 213 Å². The van der Waals surface area contributed by atoms with Crippen LogP contribution in [0.4, 0.5) is 11.4 Å². The van der Waals surface area contributed by atoms with Gasteiger partial charge in [-0.1, -0.05) is 12.7 Å². The minimum absolute atomic E-state index is 0.118. The molecule has 4 heterocycles.